The molecule has 1 aliphatic carbocycles. The van der Waals surface area contributed by atoms with Crippen LogP contribution in [0.25, 0.3) is 10.8 Å². The maximum Gasteiger partial charge on any atom is 0.252 e. The third-order valence-electron chi connectivity index (χ3n) is 4.11. The van der Waals surface area contributed by atoms with Crippen LogP contribution in [0.5, 0.6) is 0 Å². The van der Waals surface area contributed by atoms with Gasteiger partial charge in [0.05, 0.1) is 0 Å². The summed E-state index contributed by atoms with van der Waals surface area (Å²) in [6.45, 7) is 0. The van der Waals surface area contributed by atoms with Crippen molar-refractivity contribution < 1.29 is 9.18 Å². The van der Waals surface area contributed by atoms with Gasteiger partial charge in [-0.3, -0.25) is 4.79 Å². The quantitative estimate of drug-likeness (QED) is 0.825. The first-order valence-electron chi connectivity index (χ1n) is 7.27. The normalized spacial score (nSPS) is 22.2. The summed E-state index contributed by atoms with van der Waals surface area (Å²) in [5.74, 6) is -0.436. The van der Waals surface area contributed by atoms with Crippen LogP contribution in [0.4, 0.5) is 4.39 Å². The standard InChI is InChI=1S/C17H17ClFNO/c18-11-5-7-12(8-6-11)20-17(21)15-9-10-16(19)14-4-2-1-3-13(14)15/h1-4,9-12H,5-8H2,(H,20,21). The van der Waals surface area contributed by atoms with Crippen molar-refractivity contribution in [3.63, 3.8) is 0 Å². The molecule has 2 nitrogen and oxygen atoms in total. The van der Waals surface area contributed by atoms with Gasteiger partial charge in [-0.15, -0.1) is 11.6 Å². The Morgan fingerprint density at radius 2 is 1.71 bits per heavy atom. The highest BCUT2D eigenvalue weighted by Crippen LogP contribution is 2.25. The van der Waals surface area contributed by atoms with Gasteiger partial charge in [-0.2, -0.15) is 0 Å². The predicted molar refractivity (Wildman–Crippen MR) is 83.3 cm³/mol. The molecule has 0 saturated heterocycles. The molecule has 2 aromatic rings. The number of alkyl halides is 1. The minimum absolute atomic E-state index is 0.135. The maximum absolute atomic E-state index is 13.8. The number of hydrogen-bond acceptors (Lipinski definition) is 1. The van der Waals surface area contributed by atoms with Gasteiger partial charge in [0.1, 0.15) is 5.82 Å². The Bertz CT molecular complexity index is 665. The van der Waals surface area contributed by atoms with Crippen LogP contribution < -0.4 is 5.32 Å². The van der Waals surface area contributed by atoms with E-state index in [1.54, 1.807) is 24.3 Å². The van der Waals surface area contributed by atoms with Crippen molar-refractivity contribution in [1.29, 1.82) is 0 Å². The van der Waals surface area contributed by atoms with E-state index in [1.165, 1.54) is 6.07 Å². The molecule has 0 heterocycles. The molecular weight excluding hydrogens is 289 g/mol. The van der Waals surface area contributed by atoms with E-state index in [9.17, 15) is 9.18 Å². The van der Waals surface area contributed by atoms with Crippen LogP contribution in [-0.4, -0.2) is 17.3 Å². The smallest absolute Gasteiger partial charge is 0.252 e. The zero-order valence-corrected chi connectivity index (χ0v) is 12.4. The van der Waals surface area contributed by atoms with Crippen molar-refractivity contribution in [2.24, 2.45) is 0 Å². The summed E-state index contributed by atoms with van der Waals surface area (Å²) in [5.41, 5.74) is 0.528. The van der Waals surface area contributed by atoms with Crippen molar-refractivity contribution in [1.82, 2.24) is 5.32 Å². The molecule has 0 aliphatic heterocycles. The topological polar surface area (TPSA) is 29.1 Å². The Morgan fingerprint density at radius 3 is 2.43 bits per heavy atom. The summed E-state index contributed by atoms with van der Waals surface area (Å²) in [6, 6.07) is 10.1. The third kappa shape index (κ3) is 3.03. The van der Waals surface area contributed by atoms with E-state index < -0.39 is 0 Å². The van der Waals surface area contributed by atoms with Gasteiger partial charge in [0.15, 0.2) is 0 Å². The average Bonchev–Trinajstić information content (AvgIpc) is 2.50. The van der Waals surface area contributed by atoms with Crippen molar-refractivity contribution in [2.75, 3.05) is 0 Å². The molecule has 0 aromatic heterocycles. The molecule has 0 bridgehead atoms. The maximum atomic E-state index is 13.8. The van der Waals surface area contributed by atoms with E-state index in [1.807, 2.05) is 6.07 Å². The molecule has 3 rings (SSSR count). The summed E-state index contributed by atoms with van der Waals surface area (Å²) >= 11 is 6.08. The van der Waals surface area contributed by atoms with Gasteiger partial charge >= 0.3 is 0 Å². The lowest BCUT2D eigenvalue weighted by Crippen LogP contribution is -2.37. The fraction of sp³-hybridized carbons (Fsp3) is 0.353. The number of fused-ring (bicyclic) bond motifs is 1. The number of amides is 1. The van der Waals surface area contributed by atoms with Gasteiger partial charge in [-0.05, 0) is 43.2 Å². The summed E-state index contributed by atoms with van der Waals surface area (Å²) < 4.78 is 13.8. The summed E-state index contributed by atoms with van der Waals surface area (Å²) in [7, 11) is 0. The minimum atomic E-state index is -0.301. The molecule has 21 heavy (non-hydrogen) atoms. The molecule has 110 valence electrons. The van der Waals surface area contributed by atoms with Crippen molar-refractivity contribution >= 4 is 28.3 Å². The van der Waals surface area contributed by atoms with Crippen LogP contribution in [0.1, 0.15) is 36.0 Å². The van der Waals surface area contributed by atoms with E-state index in [0.29, 0.717) is 16.3 Å². The first-order chi connectivity index (χ1) is 10.1. The molecule has 0 atom stereocenters. The van der Waals surface area contributed by atoms with Gasteiger partial charge in [0, 0.05) is 22.4 Å². The predicted octanol–water partition coefficient (Wildman–Crippen LogP) is 4.26. The van der Waals surface area contributed by atoms with Crippen LogP contribution in [0.3, 0.4) is 0 Å². The molecule has 1 saturated carbocycles. The lowest BCUT2D eigenvalue weighted by atomic mass is 9.94. The van der Waals surface area contributed by atoms with Crippen LogP contribution in [0.15, 0.2) is 36.4 Å². The Kier molecular flexibility index (Phi) is 4.11. The molecule has 1 fully saturated rings. The van der Waals surface area contributed by atoms with E-state index in [0.717, 1.165) is 25.7 Å². The SMILES string of the molecule is O=C(NC1CCC(Cl)CC1)c1ccc(F)c2ccccc12. The second-order valence-electron chi connectivity index (χ2n) is 5.56. The number of carbonyl (C=O) groups excluding carboxylic acids is 1. The van der Waals surface area contributed by atoms with E-state index in [-0.39, 0.29) is 23.1 Å². The molecule has 0 spiro atoms. The van der Waals surface area contributed by atoms with E-state index >= 15 is 0 Å². The third-order valence-corrected chi connectivity index (χ3v) is 4.54. The highest BCUT2D eigenvalue weighted by molar-refractivity contribution is 6.20. The number of rotatable bonds is 2. The van der Waals surface area contributed by atoms with E-state index in [4.69, 9.17) is 11.6 Å². The van der Waals surface area contributed by atoms with Gasteiger partial charge in [-0.1, -0.05) is 24.3 Å². The number of benzene rings is 2. The van der Waals surface area contributed by atoms with Gasteiger partial charge in [-0.25, -0.2) is 4.39 Å². The van der Waals surface area contributed by atoms with Crippen molar-refractivity contribution in [3.8, 4) is 0 Å². The summed E-state index contributed by atoms with van der Waals surface area (Å²) in [4.78, 5) is 12.5. The molecule has 2 aromatic carbocycles. The molecule has 0 radical (unpaired) electrons. The van der Waals surface area contributed by atoms with Crippen LogP contribution >= 0.6 is 11.6 Å². The van der Waals surface area contributed by atoms with Crippen molar-refractivity contribution in [3.05, 3.63) is 47.8 Å². The number of carbonyl (C=O) groups is 1. The fourth-order valence-electron chi connectivity index (χ4n) is 2.92. The lowest BCUT2D eigenvalue weighted by molar-refractivity contribution is 0.0929. The summed E-state index contributed by atoms with van der Waals surface area (Å²) in [5, 5.41) is 4.41. The average molecular weight is 306 g/mol. The highest BCUT2D eigenvalue weighted by Gasteiger charge is 2.22. The Hall–Kier alpha value is -1.61. The van der Waals surface area contributed by atoms with Crippen molar-refractivity contribution in [2.45, 2.75) is 37.1 Å². The monoisotopic (exact) mass is 305 g/mol. The number of hydrogen-bond donors (Lipinski definition) is 1. The molecule has 1 amide bonds. The van der Waals surface area contributed by atoms with Crippen LogP contribution in [-0.2, 0) is 0 Å². The molecule has 4 heteroatoms. The summed E-state index contributed by atoms with van der Waals surface area (Å²) in [6.07, 6.45) is 3.66. The van der Waals surface area contributed by atoms with Crippen LogP contribution in [0.2, 0.25) is 0 Å². The second-order valence-corrected chi connectivity index (χ2v) is 6.18. The highest BCUT2D eigenvalue weighted by atomic mass is 35.5. The number of nitrogens with one attached hydrogen (secondary N) is 1. The minimum Gasteiger partial charge on any atom is -0.349 e. The lowest BCUT2D eigenvalue weighted by Gasteiger charge is -2.26. The zero-order valence-electron chi connectivity index (χ0n) is 11.6. The molecule has 0 unspecified atom stereocenters. The van der Waals surface area contributed by atoms with E-state index in [2.05, 4.69) is 5.32 Å². The first-order valence-corrected chi connectivity index (χ1v) is 7.71. The molecule has 1 aliphatic rings. The first kappa shape index (κ1) is 14.3. The molecule has 1 N–H and O–H groups in total. The van der Waals surface area contributed by atoms with Gasteiger partial charge < -0.3 is 5.32 Å². The molecular formula is C17H17ClFNO. The Balaban J connectivity index is 1.83. The Labute approximate surface area is 128 Å². The zero-order chi connectivity index (χ0) is 14.8. The van der Waals surface area contributed by atoms with Crippen LogP contribution in [0, 0.1) is 5.82 Å². The Morgan fingerprint density at radius 1 is 1.05 bits per heavy atom. The fourth-order valence-corrected chi connectivity index (χ4v) is 3.17. The second kappa shape index (κ2) is 6.02. The van der Waals surface area contributed by atoms with Gasteiger partial charge in [0.2, 0.25) is 0 Å². The number of halogens is 2. The largest absolute Gasteiger partial charge is 0.349 e. The van der Waals surface area contributed by atoms with Gasteiger partial charge in [0.25, 0.3) is 5.91 Å².